The predicted molar refractivity (Wildman–Crippen MR) is 126 cm³/mol. The second-order valence-electron chi connectivity index (χ2n) is 7.66. The molecule has 4 aromatic rings. The first-order chi connectivity index (χ1) is 15.5. The van der Waals surface area contributed by atoms with Gasteiger partial charge >= 0.3 is 0 Å². The number of para-hydroxylation sites is 1. The smallest absolute Gasteiger partial charge is 0.291 e. The van der Waals surface area contributed by atoms with E-state index < -0.39 is 0 Å². The number of thiazole rings is 1. The number of aryl methyl sites for hydroxylation is 2. The number of nitrogens with one attached hydrogen (secondary N) is 1. The van der Waals surface area contributed by atoms with Gasteiger partial charge in [-0.3, -0.25) is 9.59 Å². The largest absolute Gasteiger partial charge is 0.330 e. The lowest BCUT2D eigenvalue weighted by atomic mass is 10.1. The molecule has 0 unspecified atom stereocenters. The highest BCUT2D eigenvalue weighted by Crippen LogP contribution is 2.25. The molecule has 8 heteroatoms. The number of carbonyl (C=O) groups excluding carboxylic acids is 2. The van der Waals surface area contributed by atoms with Crippen molar-refractivity contribution in [3.05, 3.63) is 82.5 Å². The van der Waals surface area contributed by atoms with Gasteiger partial charge in [-0.1, -0.05) is 48.5 Å². The zero-order chi connectivity index (χ0) is 22.2. The molecule has 1 N–H and O–H groups in total. The van der Waals surface area contributed by atoms with E-state index in [2.05, 4.69) is 15.4 Å². The molecule has 0 saturated carbocycles. The number of amides is 2. The van der Waals surface area contributed by atoms with E-state index in [4.69, 9.17) is 0 Å². The van der Waals surface area contributed by atoms with Crippen molar-refractivity contribution in [2.75, 3.05) is 11.9 Å². The standard InChI is InChI=1S/C24H21N5O2S/c1-15-16(2)32-24(25-15)26-22(30)14-29-23(31)21-12-18-10-6-7-11-20(18)28(21)13-19(27-29)17-8-4-3-5-9-17/h3-12H,13-14H2,1-2H3,(H,25,26,30). The first-order valence-corrected chi connectivity index (χ1v) is 11.1. The van der Waals surface area contributed by atoms with E-state index in [1.165, 1.54) is 16.3 Å². The Morgan fingerprint density at radius 1 is 1.09 bits per heavy atom. The maximum Gasteiger partial charge on any atom is 0.291 e. The van der Waals surface area contributed by atoms with Gasteiger partial charge in [-0.05, 0) is 31.5 Å². The van der Waals surface area contributed by atoms with Crippen molar-refractivity contribution in [1.29, 1.82) is 0 Å². The van der Waals surface area contributed by atoms with Gasteiger partial charge in [0.15, 0.2) is 5.13 Å². The van der Waals surface area contributed by atoms with Gasteiger partial charge in [-0.2, -0.15) is 5.10 Å². The van der Waals surface area contributed by atoms with Crippen molar-refractivity contribution < 1.29 is 9.59 Å². The summed E-state index contributed by atoms with van der Waals surface area (Å²) in [6, 6.07) is 19.4. The predicted octanol–water partition coefficient (Wildman–Crippen LogP) is 4.21. The van der Waals surface area contributed by atoms with E-state index in [0.717, 1.165) is 27.0 Å². The number of fused-ring (bicyclic) bond motifs is 3. The fourth-order valence-corrected chi connectivity index (χ4v) is 4.60. The molecule has 0 aliphatic carbocycles. The highest BCUT2D eigenvalue weighted by Gasteiger charge is 2.28. The topological polar surface area (TPSA) is 79.6 Å². The van der Waals surface area contributed by atoms with Crippen LogP contribution in [0.2, 0.25) is 0 Å². The lowest BCUT2D eigenvalue weighted by molar-refractivity contribution is -0.116. The van der Waals surface area contributed by atoms with Gasteiger partial charge in [0.1, 0.15) is 12.2 Å². The van der Waals surface area contributed by atoms with Crippen LogP contribution < -0.4 is 5.32 Å². The molecule has 160 valence electrons. The zero-order valence-corrected chi connectivity index (χ0v) is 18.5. The number of anilines is 1. The Morgan fingerprint density at radius 2 is 1.84 bits per heavy atom. The van der Waals surface area contributed by atoms with E-state index in [0.29, 0.717) is 23.1 Å². The number of hydrogen-bond donors (Lipinski definition) is 1. The number of rotatable bonds is 4. The second kappa shape index (κ2) is 8.05. The Morgan fingerprint density at radius 3 is 2.59 bits per heavy atom. The lowest BCUT2D eigenvalue weighted by Crippen LogP contribution is -2.34. The quantitative estimate of drug-likeness (QED) is 0.513. The highest BCUT2D eigenvalue weighted by atomic mass is 32.1. The fraction of sp³-hybridized carbons (Fsp3) is 0.167. The molecule has 2 amide bonds. The summed E-state index contributed by atoms with van der Waals surface area (Å²) >= 11 is 1.41. The Hall–Kier alpha value is -3.78. The van der Waals surface area contributed by atoms with Crippen molar-refractivity contribution in [1.82, 2.24) is 14.6 Å². The molecule has 0 atom stereocenters. The van der Waals surface area contributed by atoms with Crippen LogP contribution in [-0.2, 0) is 11.3 Å². The second-order valence-corrected chi connectivity index (χ2v) is 8.86. The molecule has 0 bridgehead atoms. The van der Waals surface area contributed by atoms with E-state index in [-0.39, 0.29) is 18.4 Å². The van der Waals surface area contributed by atoms with Gasteiger partial charge in [0, 0.05) is 15.8 Å². The van der Waals surface area contributed by atoms with Gasteiger partial charge in [-0.25, -0.2) is 9.99 Å². The summed E-state index contributed by atoms with van der Waals surface area (Å²) in [5.74, 6) is -0.651. The molecule has 2 aromatic carbocycles. The van der Waals surface area contributed by atoms with Crippen molar-refractivity contribution in [3.8, 4) is 0 Å². The van der Waals surface area contributed by atoms with Crippen LogP contribution in [0.15, 0.2) is 65.8 Å². The van der Waals surface area contributed by atoms with E-state index >= 15 is 0 Å². The molecule has 7 nitrogen and oxygen atoms in total. The minimum Gasteiger partial charge on any atom is -0.330 e. The molecule has 3 heterocycles. The molecular weight excluding hydrogens is 422 g/mol. The molecule has 32 heavy (non-hydrogen) atoms. The van der Waals surface area contributed by atoms with Crippen LogP contribution in [0.25, 0.3) is 10.9 Å². The van der Waals surface area contributed by atoms with Crippen molar-refractivity contribution in [2.45, 2.75) is 20.4 Å². The first kappa shape index (κ1) is 20.1. The minimum atomic E-state index is -0.340. The molecule has 0 spiro atoms. The van der Waals surface area contributed by atoms with Crippen molar-refractivity contribution in [3.63, 3.8) is 0 Å². The van der Waals surface area contributed by atoms with Gasteiger partial charge in [0.05, 0.1) is 18.0 Å². The SMILES string of the molecule is Cc1nc(NC(=O)CN2N=C(c3ccccc3)Cn3c(cc4ccccc43)C2=O)sc1C. The molecular formula is C24H21N5O2S. The van der Waals surface area contributed by atoms with Gasteiger partial charge < -0.3 is 9.88 Å². The van der Waals surface area contributed by atoms with Crippen LogP contribution in [0.3, 0.4) is 0 Å². The third-order valence-corrected chi connectivity index (χ3v) is 6.48. The molecule has 1 aliphatic rings. The number of carbonyl (C=O) groups is 2. The zero-order valence-electron chi connectivity index (χ0n) is 17.7. The Balaban J connectivity index is 1.52. The van der Waals surface area contributed by atoms with Crippen LogP contribution in [0.5, 0.6) is 0 Å². The number of aromatic nitrogens is 2. The Bertz CT molecular complexity index is 1350. The molecule has 0 radical (unpaired) electrons. The molecule has 1 aliphatic heterocycles. The minimum absolute atomic E-state index is 0.200. The maximum absolute atomic E-state index is 13.4. The summed E-state index contributed by atoms with van der Waals surface area (Å²) in [5.41, 5.74) is 3.97. The van der Waals surface area contributed by atoms with Crippen molar-refractivity contribution >= 4 is 44.9 Å². The van der Waals surface area contributed by atoms with E-state index in [1.54, 1.807) is 0 Å². The number of nitrogens with zero attached hydrogens (tertiary/aromatic N) is 4. The lowest BCUT2D eigenvalue weighted by Gasteiger charge is -2.15. The maximum atomic E-state index is 13.4. The summed E-state index contributed by atoms with van der Waals surface area (Å²) < 4.78 is 1.97. The van der Waals surface area contributed by atoms with Gasteiger partial charge in [-0.15, -0.1) is 11.3 Å². The normalized spacial score (nSPS) is 13.6. The van der Waals surface area contributed by atoms with Crippen LogP contribution in [0.4, 0.5) is 5.13 Å². The van der Waals surface area contributed by atoms with Crippen LogP contribution in [0, 0.1) is 13.8 Å². The van der Waals surface area contributed by atoms with Crippen LogP contribution >= 0.6 is 11.3 Å². The summed E-state index contributed by atoms with van der Waals surface area (Å²) in [4.78, 5) is 31.6. The number of hydrogen-bond acceptors (Lipinski definition) is 5. The average molecular weight is 444 g/mol. The van der Waals surface area contributed by atoms with E-state index in [9.17, 15) is 9.59 Å². The Kier molecular flexibility index (Phi) is 5.07. The van der Waals surface area contributed by atoms with Gasteiger partial charge in [0.2, 0.25) is 5.91 Å². The third-order valence-electron chi connectivity index (χ3n) is 5.49. The molecule has 0 fully saturated rings. The van der Waals surface area contributed by atoms with Gasteiger partial charge in [0.25, 0.3) is 5.91 Å². The van der Waals surface area contributed by atoms with Crippen LogP contribution in [-0.4, -0.2) is 38.6 Å². The van der Waals surface area contributed by atoms with E-state index in [1.807, 2.05) is 79.1 Å². The van der Waals surface area contributed by atoms with Crippen molar-refractivity contribution in [2.24, 2.45) is 5.10 Å². The summed E-state index contributed by atoms with van der Waals surface area (Å²) in [7, 11) is 0. The third kappa shape index (κ3) is 3.69. The van der Waals surface area contributed by atoms with Crippen LogP contribution in [0.1, 0.15) is 26.6 Å². The number of benzene rings is 2. The number of hydrazone groups is 1. The average Bonchev–Trinajstić information content (AvgIpc) is 3.27. The molecule has 2 aromatic heterocycles. The first-order valence-electron chi connectivity index (χ1n) is 10.3. The molecule has 5 rings (SSSR count). The summed E-state index contributed by atoms with van der Waals surface area (Å²) in [6.07, 6.45) is 0. The fourth-order valence-electron chi connectivity index (χ4n) is 3.77. The Labute approximate surface area is 189 Å². The molecule has 0 saturated heterocycles. The summed E-state index contributed by atoms with van der Waals surface area (Å²) in [6.45, 7) is 4.08. The monoisotopic (exact) mass is 443 g/mol. The highest BCUT2D eigenvalue weighted by molar-refractivity contribution is 7.15. The summed E-state index contributed by atoms with van der Waals surface area (Å²) in [5, 5.41) is 10.2.